The van der Waals surface area contributed by atoms with Gasteiger partial charge in [-0.2, -0.15) is 0 Å². The molecule has 11 heteroatoms. The van der Waals surface area contributed by atoms with E-state index < -0.39 is 28.6 Å². The Hall–Kier alpha value is -2.71. The molecule has 168 valence electrons. The molecule has 0 aliphatic carbocycles. The van der Waals surface area contributed by atoms with Crippen molar-refractivity contribution in [2.24, 2.45) is 0 Å². The molecular formula is C21H17AsF3NO5S. The molecule has 1 aliphatic rings. The number of hydrogen-bond acceptors (Lipinski definition) is 6. The fourth-order valence-corrected chi connectivity index (χ4v) is 4.37. The Morgan fingerprint density at radius 3 is 2.44 bits per heavy atom. The average Bonchev–Trinajstić information content (AvgIpc) is 3.05. The standard InChI is InChI=1S/C21H17AsF3NO5S/c1-30-19(28)15(22)9-11-2-5-13(6-3-11)31-16-7-4-12(8-14(16)21(23,24)25)10-17-18(27)26-20(29)32-17/h2-8,10,15H,9,22H2,1H3,(H,26,27,29)/b17-10+. The molecule has 1 N–H and O–H groups in total. The Bertz CT molecular complexity index is 1090. The summed E-state index contributed by atoms with van der Waals surface area (Å²) in [6.45, 7) is 0. The molecule has 2 atom stereocenters. The number of carbonyl (C=O) groups excluding carboxylic acids is 3. The first-order valence-electron chi connectivity index (χ1n) is 9.13. The fourth-order valence-electron chi connectivity index (χ4n) is 2.83. The number of hydrogen-bond donors (Lipinski definition) is 1. The number of methoxy groups -OCH3 is 1. The molecule has 1 heterocycles. The summed E-state index contributed by atoms with van der Waals surface area (Å²) in [5.41, 5.74) is -0.101. The Labute approximate surface area is 194 Å². The van der Waals surface area contributed by atoms with Crippen LogP contribution < -0.4 is 10.1 Å². The van der Waals surface area contributed by atoms with Gasteiger partial charge in [0.15, 0.2) is 0 Å². The number of nitrogens with one attached hydrogen (secondary N) is 1. The van der Waals surface area contributed by atoms with Crippen LogP contribution in [0.25, 0.3) is 6.08 Å². The fraction of sp³-hybridized carbons (Fsp3) is 0.190. The van der Waals surface area contributed by atoms with Crippen molar-refractivity contribution in [2.75, 3.05) is 7.11 Å². The van der Waals surface area contributed by atoms with Gasteiger partial charge < -0.3 is 0 Å². The topological polar surface area (TPSA) is 81.7 Å². The van der Waals surface area contributed by atoms with Gasteiger partial charge in [0.1, 0.15) is 0 Å². The van der Waals surface area contributed by atoms with Gasteiger partial charge in [0.25, 0.3) is 11.1 Å². The molecular weight excluding hydrogens is 510 g/mol. The minimum atomic E-state index is -4.71. The predicted octanol–water partition coefficient (Wildman–Crippen LogP) is 3.96. The summed E-state index contributed by atoms with van der Waals surface area (Å²) < 4.78 is 50.7. The van der Waals surface area contributed by atoms with Gasteiger partial charge in [-0.15, -0.1) is 0 Å². The normalized spacial score (nSPS) is 16.1. The molecule has 6 nitrogen and oxygen atoms in total. The van der Waals surface area contributed by atoms with E-state index in [4.69, 9.17) is 9.47 Å². The van der Waals surface area contributed by atoms with Gasteiger partial charge in [-0.25, -0.2) is 0 Å². The zero-order valence-electron chi connectivity index (χ0n) is 16.6. The predicted molar refractivity (Wildman–Crippen MR) is 115 cm³/mol. The van der Waals surface area contributed by atoms with Crippen molar-refractivity contribution < 1.29 is 37.0 Å². The number of thioether (sulfide) groups is 1. The van der Waals surface area contributed by atoms with Crippen LogP contribution in [0.2, 0.25) is 4.71 Å². The van der Waals surface area contributed by atoms with Crippen LogP contribution in [0, 0.1) is 0 Å². The quantitative estimate of drug-likeness (QED) is 0.348. The number of imide groups is 1. The van der Waals surface area contributed by atoms with Crippen LogP contribution in [0.5, 0.6) is 11.5 Å². The first-order chi connectivity index (χ1) is 15.1. The van der Waals surface area contributed by atoms with E-state index in [1.807, 2.05) is 5.32 Å². The van der Waals surface area contributed by atoms with Crippen LogP contribution in [0.3, 0.4) is 0 Å². The molecule has 0 aromatic heterocycles. The molecule has 1 saturated heterocycles. The Morgan fingerprint density at radius 1 is 1.19 bits per heavy atom. The zero-order chi connectivity index (χ0) is 23.5. The van der Waals surface area contributed by atoms with E-state index in [0.717, 1.165) is 17.7 Å². The van der Waals surface area contributed by atoms with Crippen molar-refractivity contribution in [1.82, 2.24) is 5.32 Å². The maximum absolute atomic E-state index is 13.6. The van der Waals surface area contributed by atoms with Crippen molar-refractivity contribution in [1.29, 1.82) is 0 Å². The molecule has 2 amide bonds. The molecule has 0 saturated carbocycles. The second kappa shape index (κ2) is 9.83. The molecule has 2 aromatic rings. The number of amides is 2. The first kappa shape index (κ1) is 23.9. The molecule has 1 aliphatic heterocycles. The van der Waals surface area contributed by atoms with Crippen molar-refractivity contribution in [2.45, 2.75) is 17.3 Å². The number of benzene rings is 2. The number of ether oxygens (including phenoxy) is 2. The number of carbonyl (C=O) groups is 3. The van der Waals surface area contributed by atoms with E-state index >= 15 is 0 Å². The SMILES string of the molecule is COC(=O)C([AsH2])Cc1ccc(Oc2ccc(/C=C3/SC(=O)NC3=O)cc2C(F)(F)F)cc1. The monoisotopic (exact) mass is 527 g/mol. The van der Waals surface area contributed by atoms with Crippen molar-refractivity contribution in [3.8, 4) is 11.5 Å². The van der Waals surface area contributed by atoms with Gasteiger partial charge in [0, 0.05) is 0 Å². The summed E-state index contributed by atoms with van der Waals surface area (Å²) in [5.74, 6) is -1.19. The molecule has 0 spiro atoms. The third-order valence-electron chi connectivity index (χ3n) is 4.36. The summed E-state index contributed by atoms with van der Waals surface area (Å²) in [6.07, 6.45) is -3.05. The Kier molecular flexibility index (Phi) is 7.36. The summed E-state index contributed by atoms with van der Waals surface area (Å²) in [7, 11) is 1.31. The van der Waals surface area contributed by atoms with Crippen molar-refractivity contribution in [3.63, 3.8) is 0 Å². The number of halogens is 3. The number of rotatable bonds is 6. The van der Waals surface area contributed by atoms with Gasteiger partial charge >= 0.3 is 151 Å². The van der Waals surface area contributed by atoms with E-state index in [2.05, 4.69) is 0 Å². The van der Waals surface area contributed by atoms with E-state index in [-0.39, 0.29) is 26.9 Å². The van der Waals surface area contributed by atoms with Crippen molar-refractivity contribution >= 4 is 51.8 Å². The van der Waals surface area contributed by atoms with Gasteiger partial charge in [-0.1, -0.05) is 0 Å². The second-order valence-electron chi connectivity index (χ2n) is 6.69. The minimum absolute atomic E-state index is 0.00921. The molecule has 1 fully saturated rings. The molecule has 0 radical (unpaired) electrons. The van der Waals surface area contributed by atoms with Crippen LogP contribution in [0.1, 0.15) is 16.7 Å². The molecule has 2 aromatic carbocycles. The van der Waals surface area contributed by atoms with Crippen molar-refractivity contribution in [3.05, 3.63) is 64.1 Å². The Balaban J connectivity index is 1.82. The van der Waals surface area contributed by atoms with E-state index in [1.165, 1.54) is 48.2 Å². The summed E-state index contributed by atoms with van der Waals surface area (Å²) in [6, 6.07) is 9.76. The average molecular weight is 527 g/mol. The summed E-state index contributed by atoms with van der Waals surface area (Å²) >= 11 is 1.84. The maximum atomic E-state index is 13.6. The number of alkyl halides is 3. The third-order valence-corrected chi connectivity index (χ3v) is 6.24. The van der Waals surface area contributed by atoms with E-state index in [9.17, 15) is 27.6 Å². The second-order valence-corrected chi connectivity index (χ2v) is 9.39. The van der Waals surface area contributed by atoms with Crippen LogP contribution >= 0.6 is 11.8 Å². The van der Waals surface area contributed by atoms with Gasteiger partial charge in [0.05, 0.1) is 4.91 Å². The van der Waals surface area contributed by atoms with Crippen LogP contribution in [-0.2, 0) is 26.9 Å². The summed E-state index contributed by atoms with van der Waals surface area (Å²) in [4.78, 5) is 34.4. The molecule has 2 unspecified atom stereocenters. The molecule has 3 rings (SSSR count). The van der Waals surface area contributed by atoms with Gasteiger partial charge in [-0.3, -0.25) is 14.9 Å². The van der Waals surface area contributed by atoms with Crippen LogP contribution in [0.15, 0.2) is 47.4 Å². The number of esters is 1. The summed E-state index contributed by atoms with van der Waals surface area (Å²) in [5, 5.41) is 1.47. The van der Waals surface area contributed by atoms with Gasteiger partial charge in [0.2, 0.25) is 0 Å². The zero-order valence-corrected chi connectivity index (χ0v) is 19.8. The third kappa shape index (κ3) is 5.95. The van der Waals surface area contributed by atoms with Crippen LogP contribution in [-0.4, -0.2) is 41.1 Å². The molecule has 0 bridgehead atoms. The van der Waals surface area contributed by atoms with E-state index in [1.54, 1.807) is 12.1 Å². The van der Waals surface area contributed by atoms with Crippen LogP contribution in [0.4, 0.5) is 18.0 Å². The van der Waals surface area contributed by atoms with Gasteiger partial charge in [-0.05, 0) is 11.8 Å². The first-order valence-corrected chi connectivity index (χ1v) is 11.3. The molecule has 32 heavy (non-hydrogen) atoms. The Morgan fingerprint density at radius 2 is 1.88 bits per heavy atom. The van der Waals surface area contributed by atoms with E-state index in [0.29, 0.717) is 18.2 Å².